The third kappa shape index (κ3) is 13.5. The number of aliphatic hydroxyl groups is 7. The first kappa shape index (κ1) is 49.1. The highest BCUT2D eigenvalue weighted by atomic mass is 16.6. The molecule has 61 heavy (non-hydrogen) atoms. The number of carbonyl (C=O) groups excluding carboxylic acids is 3. The molecule has 19 nitrogen and oxygen atoms in total. The average Bonchev–Trinajstić information content (AvgIpc) is 3.18. The second-order valence-electron chi connectivity index (χ2n) is 17.2. The minimum absolute atomic E-state index is 0.00508. The molecule has 0 radical (unpaired) electrons. The van der Waals surface area contributed by atoms with E-state index in [4.69, 9.17) is 21.1 Å². The van der Waals surface area contributed by atoms with E-state index in [9.17, 15) is 55.2 Å². The lowest BCUT2D eigenvalue weighted by molar-refractivity contribution is -0.295. The summed E-state index contributed by atoms with van der Waals surface area (Å²) in [6, 6.07) is 7.12. The first-order valence-electron chi connectivity index (χ1n) is 20.4. The summed E-state index contributed by atoms with van der Waals surface area (Å²) in [7, 11) is 0. The first-order valence-corrected chi connectivity index (χ1v) is 20.4. The number of hydrogen-bond acceptors (Lipinski definition) is 16. The summed E-state index contributed by atoms with van der Waals surface area (Å²) in [5.74, 6) is 4.78. The van der Waals surface area contributed by atoms with Crippen LogP contribution in [-0.2, 0) is 14.3 Å². The Bertz CT molecular complexity index is 1830. The SMILES string of the molecule is Cc1cc(C(=O)NCC(O)[C@@H](O)[C@@H]2OC(C[C@H](O)[C@@H](O)c3cccc(NC(=O)OC(C)(C)C)c3)(C(O)O)C[C@H](O)C2NC(=O)CN(N)/C=C(\N)C2CCCCC2)cc(C)c1O. The zero-order chi connectivity index (χ0) is 45.4. The fourth-order valence-electron chi connectivity index (χ4n) is 7.77. The Labute approximate surface area is 355 Å². The Balaban J connectivity index is 1.57. The van der Waals surface area contributed by atoms with Crippen LogP contribution in [0.25, 0.3) is 0 Å². The number of nitrogens with zero attached hydrogens (tertiary/aromatic N) is 1. The number of aromatic hydroxyl groups is 1. The number of carbonyl (C=O) groups is 3. The van der Waals surface area contributed by atoms with Gasteiger partial charge in [-0.15, -0.1) is 0 Å². The van der Waals surface area contributed by atoms with Gasteiger partial charge in [0.15, 0.2) is 6.29 Å². The fourth-order valence-corrected chi connectivity index (χ4v) is 7.77. The monoisotopic (exact) mass is 860 g/mol. The molecule has 0 aromatic heterocycles. The van der Waals surface area contributed by atoms with Gasteiger partial charge in [0.05, 0.1) is 24.4 Å². The smallest absolute Gasteiger partial charge is 0.412 e. The number of aryl methyl sites for hydroxylation is 2. The standard InChI is InChI=1S/C42H64N6O13/c1-22-14-26(15-23(2)34(22)53)38(56)45-19-31(51)36(55)37-33(47-32(52)21-48(44)20-28(43)24-10-7-6-8-11-24)29(49)17-42(60-37,39(57)58)18-30(50)35(54)25-12-9-13-27(16-25)46-40(59)61-41(3,4)5/h9,12-16,20,24,29-31,33,35-37,39,49-51,53-55,57-58H,6-8,10-11,17-19,21,43-44H2,1-5H3,(H,45,56)(H,46,59)(H,47,52)/b28-20-/t29-,30-,31?,33?,35-,36+,37+,42?/m0/s1. The summed E-state index contributed by atoms with van der Waals surface area (Å²) in [5.41, 5.74) is 4.95. The molecule has 4 rings (SSSR count). The molecule has 2 aromatic rings. The Kier molecular flexibility index (Phi) is 16.9. The summed E-state index contributed by atoms with van der Waals surface area (Å²) in [4.78, 5) is 38.8. The maximum absolute atomic E-state index is 13.4. The predicted octanol–water partition coefficient (Wildman–Crippen LogP) is 0.532. The topological polar surface area (TPSA) is 323 Å². The lowest BCUT2D eigenvalue weighted by atomic mass is 9.79. The van der Waals surface area contributed by atoms with Gasteiger partial charge < -0.3 is 71.7 Å². The van der Waals surface area contributed by atoms with Gasteiger partial charge in [-0.2, -0.15) is 0 Å². The first-order chi connectivity index (χ1) is 28.5. The van der Waals surface area contributed by atoms with Crippen molar-refractivity contribution in [3.05, 3.63) is 70.5 Å². The van der Waals surface area contributed by atoms with Crippen molar-refractivity contribution >= 4 is 23.6 Å². The lowest BCUT2D eigenvalue weighted by Crippen LogP contribution is -2.69. The van der Waals surface area contributed by atoms with Crippen molar-refractivity contribution in [1.29, 1.82) is 0 Å². The van der Waals surface area contributed by atoms with Crippen LogP contribution in [0.15, 0.2) is 48.3 Å². The number of rotatable bonds is 16. The maximum Gasteiger partial charge on any atom is 0.412 e. The van der Waals surface area contributed by atoms with Crippen molar-refractivity contribution in [3.63, 3.8) is 0 Å². The van der Waals surface area contributed by atoms with Gasteiger partial charge in [0.2, 0.25) is 5.91 Å². The van der Waals surface area contributed by atoms with Crippen LogP contribution in [0.1, 0.15) is 98.9 Å². The molecule has 2 fully saturated rings. The Morgan fingerprint density at radius 3 is 2.25 bits per heavy atom. The Morgan fingerprint density at radius 2 is 1.64 bits per heavy atom. The van der Waals surface area contributed by atoms with Gasteiger partial charge in [-0.25, -0.2) is 10.6 Å². The summed E-state index contributed by atoms with van der Waals surface area (Å²) in [6.07, 6.45) is -9.37. The summed E-state index contributed by atoms with van der Waals surface area (Å²) in [5, 5.41) is 97.3. The highest BCUT2D eigenvalue weighted by molar-refractivity contribution is 5.95. The molecule has 2 aliphatic rings. The summed E-state index contributed by atoms with van der Waals surface area (Å²) in [6.45, 7) is 7.17. The molecule has 19 heteroatoms. The number of amides is 3. The number of allylic oxidation sites excluding steroid dienone is 1. The van der Waals surface area contributed by atoms with Gasteiger partial charge in [-0.3, -0.25) is 14.9 Å². The normalized spacial score (nSPS) is 23.4. The number of anilines is 1. The van der Waals surface area contributed by atoms with E-state index >= 15 is 0 Å². The number of nitrogens with two attached hydrogens (primary N) is 2. The number of hydrogen-bond donors (Lipinski definition) is 13. The van der Waals surface area contributed by atoms with E-state index in [1.54, 1.807) is 34.6 Å². The maximum atomic E-state index is 13.4. The quantitative estimate of drug-likeness (QED) is 0.0622. The van der Waals surface area contributed by atoms with Crippen molar-refractivity contribution in [3.8, 4) is 5.75 Å². The zero-order valence-electron chi connectivity index (χ0n) is 35.3. The second kappa shape index (κ2) is 21.0. The average molecular weight is 861 g/mol. The molecule has 1 aliphatic carbocycles. The van der Waals surface area contributed by atoms with E-state index < -0.39 is 104 Å². The molecular weight excluding hydrogens is 796 g/mol. The van der Waals surface area contributed by atoms with Gasteiger partial charge >= 0.3 is 6.09 Å². The van der Waals surface area contributed by atoms with E-state index in [1.807, 2.05) is 0 Å². The summed E-state index contributed by atoms with van der Waals surface area (Å²) < 4.78 is 11.4. The van der Waals surface area contributed by atoms with Crippen LogP contribution in [0.4, 0.5) is 10.5 Å². The highest BCUT2D eigenvalue weighted by Gasteiger charge is 2.55. The van der Waals surface area contributed by atoms with Gasteiger partial charge in [-0.1, -0.05) is 31.4 Å². The van der Waals surface area contributed by atoms with Crippen LogP contribution in [0.3, 0.4) is 0 Å². The number of nitrogens with one attached hydrogen (secondary N) is 3. The van der Waals surface area contributed by atoms with E-state index in [0.717, 1.165) is 37.1 Å². The van der Waals surface area contributed by atoms with Crippen LogP contribution in [0.5, 0.6) is 5.75 Å². The van der Waals surface area contributed by atoms with Crippen LogP contribution < -0.4 is 27.5 Å². The van der Waals surface area contributed by atoms with Crippen LogP contribution in [-0.4, -0.2) is 131 Å². The molecule has 3 unspecified atom stereocenters. The third-order valence-corrected chi connectivity index (χ3v) is 11.0. The van der Waals surface area contributed by atoms with Crippen molar-refractivity contribution in [2.75, 3.05) is 18.4 Å². The fraction of sp³-hybridized carbons (Fsp3) is 0.595. The largest absolute Gasteiger partial charge is 0.507 e. The van der Waals surface area contributed by atoms with E-state index in [0.29, 0.717) is 16.8 Å². The lowest BCUT2D eigenvalue weighted by Gasteiger charge is -2.50. The number of benzene rings is 2. The van der Waals surface area contributed by atoms with E-state index in [2.05, 4.69) is 16.0 Å². The molecule has 3 amide bonds. The third-order valence-electron chi connectivity index (χ3n) is 11.0. The van der Waals surface area contributed by atoms with Crippen LogP contribution in [0, 0.1) is 19.8 Å². The van der Waals surface area contributed by atoms with Crippen LogP contribution >= 0.6 is 0 Å². The molecule has 0 bridgehead atoms. The van der Waals surface area contributed by atoms with Gasteiger partial charge in [-0.05, 0) is 94.3 Å². The zero-order valence-corrected chi connectivity index (χ0v) is 35.3. The minimum atomic E-state index is -2.47. The number of aliphatic hydroxyl groups excluding tert-OH is 6. The molecule has 0 spiro atoms. The Morgan fingerprint density at radius 1 is 1.00 bits per heavy atom. The Hall–Kier alpha value is -4.57. The number of phenols is 1. The number of hydrazine groups is 1. The molecule has 1 saturated carbocycles. The molecule has 2 aromatic carbocycles. The second-order valence-corrected chi connectivity index (χ2v) is 17.2. The van der Waals surface area contributed by atoms with Gasteiger partial charge in [0.25, 0.3) is 5.91 Å². The van der Waals surface area contributed by atoms with Crippen LogP contribution in [0.2, 0.25) is 0 Å². The van der Waals surface area contributed by atoms with Gasteiger partial charge in [0.1, 0.15) is 41.8 Å². The number of phenolic OH excluding ortho intramolecular Hbond substituents is 1. The summed E-state index contributed by atoms with van der Waals surface area (Å²) >= 11 is 0. The van der Waals surface area contributed by atoms with Crippen molar-refractivity contribution in [2.45, 2.75) is 140 Å². The van der Waals surface area contributed by atoms with E-state index in [1.165, 1.54) is 42.6 Å². The highest BCUT2D eigenvalue weighted by Crippen LogP contribution is 2.39. The molecule has 1 heterocycles. The number of ether oxygens (including phenoxy) is 2. The van der Waals surface area contributed by atoms with E-state index in [-0.39, 0.29) is 28.5 Å². The molecular formula is C42H64N6O13. The minimum Gasteiger partial charge on any atom is -0.507 e. The molecule has 1 saturated heterocycles. The van der Waals surface area contributed by atoms with Gasteiger partial charge in [0, 0.05) is 42.5 Å². The van der Waals surface area contributed by atoms with Crippen molar-refractivity contribution in [1.82, 2.24) is 15.6 Å². The van der Waals surface area contributed by atoms with Crippen molar-refractivity contribution in [2.24, 2.45) is 17.5 Å². The molecule has 340 valence electrons. The van der Waals surface area contributed by atoms with Crippen molar-refractivity contribution < 1.29 is 64.7 Å². The molecule has 8 atom stereocenters. The molecule has 1 aliphatic heterocycles. The molecule has 15 N–H and O–H groups in total. The predicted molar refractivity (Wildman–Crippen MR) is 222 cm³/mol.